The molecule has 0 fully saturated rings. The number of benzene rings is 4. The van der Waals surface area contributed by atoms with E-state index in [1.165, 1.54) is 24.1 Å². The highest BCUT2D eigenvalue weighted by molar-refractivity contribution is 7.92. The van der Waals surface area contributed by atoms with Crippen LogP contribution in [-0.4, -0.2) is 50.9 Å². The average Bonchev–Trinajstić information content (AvgIpc) is 3.07. The maximum Gasteiger partial charge on any atom is 0.264 e. The zero-order chi connectivity index (χ0) is 33.3. The highest BCUT2D eigenvalue weighted by Crippen LogP contribution is 2.29. The van der Waals surface area contributed by atoms with Crippen LogP contribution in [0.1, 0.15) is 31.4 Å². The predicted molar refractivity (Wildman–Crippen MR) is 183 cm³/mol. The van der Waals surface area contributed by atoms with Gasteiger partial charge in [0.2, 0.25) is 11.8 Å². The molecule has 11 heteroatoms. The molecule has 8 nitrogen and oxygen atoms in total. The van der Waals surface area contributed by atoms with Gasteiger partial charge >= 0.3 is 0 Å². The van der Waals surface area contributed by atoms with Gasteiger partial charge in [-0.1, -0.05) is 90.8 Å². The third-order valence-electron chi connectivity index (χ3n) is 7.56. The minimum absolute atomic E-state index is 0.0111. The molecule has 0 radical (unpaired) electrons. The molecule has 0 unspecified atom stereocenters. The molecule has 46 heavy (non-hydrogen) atoms. The van der Waals surface area contributed by atoms with Crippen LogP contribution in [0, 0.1) is 0 Å². The fraction of sp³-hybridized carbons (Fsp3) is 0.257. The lowest BCUT2D eigenvalue weighted by molar-refractivity contribution is -0.140. The summed E-state index contributed by atoms with van der Waals surface area (Å²) in [6, 6.07) is 27.6. The molecule has 4 rings (SSSR count). The normalized spacial score (nSPS) is 12.5. The molecule has 1 N–H and O–H groups in total. The molecule has 4 aromatic rings. The number of sulfonamides is 1. The van der Waals surface area contributed by atoms with Crippen molar-refractivity contribution < 1.29 is 22.7 Å². The van der Waals surface area contributed by atoms with Crippen molar-refractivity contribution in [3.05, 3.63) is 124 Å². The molecule has 0 spiro atoms. The van der Waals surface area contributed by atoms with Crippen LogP contribution in [0.15, 0.2) is 108 Å². The zero-order valence-electron chi connectivity index (χ0n) is 25.9. The second-order valence-corrected chi connectivity index (χ2v) is 13.5. The number of nitrogens with zero attached hydrogens (tertiary/aromatic N) is 2. The Balaban J connectivity index is 1.83. The van der Waals surface area contributed by atoms with Crippen LogP contribution in [0.25, 0.3) is 0 Å². The van der Waals surface area contributed by atoms with Gasteiger partial charge in [0.05, 0.1) is 27.7 Å². The predicted octanol–water partition coefficient (Wildman–Crippen LogP) is 6.75. The molecule has 2 atom stereocenters. The van der Waals surface area contributed by atoms with E-state index in [9.17, 15) is 18.0 Å². The summed E-state index contributed by atoms with van der Waals surface area (Å²) in [5, 5.41) is 3.66. The number of nitrogens with one attached hydrogen (secondary N) is 1. The van der Waals surface area contributed by atoms with Crippen molar-refractivity contribution in [2.45, 2.75) is 50.2 Å². The Labute approximate surface area is 280 Å². The van der Waals surface area contributed by atoms with E-state index in [1.54, 1.807) is 60.7 Å². The van der Waals surface area contributed by atoms with Crippen molar-refractivity contribution in [2.24, 2.45) is 0 Å². The summed E-state index contributed by atoms with van der Waals surface area (Å²) < 4.78 is 34.6. The first-order chi connectivity index (χ1) is 22.0. The molecule has 0 heterocycles. The van der Waals surface area contributed by atoms with Gasteiger partial charge in [0.25, 0.3) is 10.0 Å². The lowest BCUT2D eigenvalue weighted by Gasteiger charge is -2.34. The first-order valence-corrected chi connectivity index (χ1v) is 17.0. The molecule has 0 saturated heterocycles. The second kappa shape index (κ2) is 16.0. The van der Waals surface area contributed by atoms with Crippen LogP contribution < -0.4 is 14.4 Å². The van der Waals surface area contributed by atoms with Gasteiger partial charge in [0.15, 0.2) is 0 Å². The van der Waals surface area contributed by atoms with E-state index in [0.717, 1.165) is 9.87 Å². The molecular weight excluding hydrogens is 645 g/mol. The number of anilines is 1. The maximum atomic E-state index is 14.6. The quantitative estimate of drug-likeness (QED) is 0.159. The van der Waals surface area contributed by atoms with E-state index in [1.807, 2.05) is 44.2 Å². The van der Waals surface area contributed by atoms with Gasteiger partial charge in [-0.25, -0.2) is 8.42 Å². The summed E-state index contributed by atoms with van der Waals surface area (Å²) in [4.78, 5) is 29.9. The molecule has 242 valence electrons. The summed E-state index contributed by atoms with van der Waals surface area (Å²) in [5.41, 5.74) is 1.69. The van der Waals surface area contributed by atoms with Crippen molar-refractivity contribution in [1.29, 1.82) is 0 Å². The van der Waals surface area contributed by atoms with Gasteiger partial charge < -0.3 is 15.0 Å². The highest BCUT2D eigenvalue weighted by Gasteiger charge is 2.35. The Morgan fingerprint density at radius 3 is 2.15 bits per heavy atom. The van der Waals surface area contributed by atoms with Gasteiger partial charge in [0.1, 0.15) is 18.3 Å². The summed E-state index contributed by atoms with van der Waals surface area (Å²) in [6.45, 7) is 3.22. The standard InChI is InChI=1S/C35H37Cl2N3O5S/c1-4-25(2)38-35(42)33(21-26-12-7-5-8-13-26)39(23-27-18-19-31(36)32(37)20-27)34(41)24-40(28-14-11-15-29(22-28)45-3)46(43,44)30-16-9-6-10-17-30/h5-20,22,25,33H,4,21,23-24H2,1-3H3,(H,38,42)/t25-,33-/m0/s1. The molecule has 4 aromatic carbocycles. The number of methoxy groups -OCH3 is 1. The van der Waals surface area contributed by atoms with Crippen molar-refractivity contribution in [3.63, 3.8) is 0 Å². The third-order valence-corrected chi connectivity index (χ3v) is 10.1. The molecule has 0 aliphatic rings. The van der Waals surface area contributed by atoms with Gasteiger partial charge in [-0.15, -0.1) is 0 Å². The van der Waals surface area contributed by atoms with Crippen LogP contribution in [-0.2, 0) is 32.6 Å². The number of amides is 2. The number of carbonyl (C=O) groups is 2. The summed E-state index contributed by atoms with van der Waals surface area (Å²) in [6.07, 6.45) is 0.879. The Morgan fingerprint density at radius 2 is 1.52 bits per heavy atom. The fourth-order valence-corrected chi connectivity index (χ4v) is 6.59. The van der Waals surface area contributed by atoms with Crippen molar-refractivity contribution in [1.82, 2.24) is 10.2 Å². The minimum Gasteiger partial charge on any atom is -0.497 e. The van der Waals surface area contributed by atoms with Crippen LogP contribution in [0.4, 0.5) is 5.69 Å². The van der Waals surface area contributed by atoms with Crippen LogP contribution in [0.3, 0.4) is 0 Å². The Bertz CT molecular complexity index is 1740. The van der Waals surface area contributed by atoms with Crippen LogP contribution in [0.5, 0.6) is 5.75 Å². The van der Waals surface area contributed by atoms with E-state index >= 15 is 0 Å². The van der Waals surface area contributed by atoms with E-state index in [4.69, 9.17) is 27.9 Å². The summed E-state index contributed by atoms with van der Waals surface area (Å²) in [7, 11) is -2.75. The second-order valence-electron chi connectivity index (χ2n) is 10.8. The highest BCUT2D eigenvalue weighted by atomic mass is 35.5. The smallest absolute Gasteiger partial charge is 0.264 e. The van der Waals surface area contributed by atoms with E-state index < -0.39 is 28.5 Å². The van der Waals surface area contributed by atoms with Gasteiger partial charge in [-0.3, -0.25) is 13.9 Å². The van der Waals surface area contributed by atoms with Crippen LogP contribution in [0.2, 0.25) is 10.0 Å². The van der Waals surface area contributed by atoms with Crippen LogP contribution >= 0.6 is 23.2 Å². The van der Waals surface area contributed by atoms with Crippen molar-refractivity contribution in [3.8, 4) is 5.75 Å². The van der Waals surface area contributed by atoms with Gasteiger partial charge in [0, 0.05) is 25.1 Å². The maximum absolute atomic E-state index is 14.6. The number of carbonyl (C=O) groups excluding carboxylic acids is 2. The van der Waals surface area contributed by atoms with Gasteiger partial charge in [-0.2, -0.15) is 0 Å². The Kier molecular flexibility index (Phi) is 12.1. The number of hydrogen-bond donors (Lipinski definition) is 1. The molecule has 0 aliphatic carbocycles. The molecule has 0 saturated carbocycles. The first-order valence-electron chi connectivity index (χ1n) is 14.8. The summed E-state index contributed by atoms with van der Waals surface area (Å²) in [5.74, 6) is -0.528. The van der Waals surface area contributed by atoms with Gasteiger partial charge in [-0.05, 0) is 60.9 Å². The first kappa shape index (κ1) is 34.8. The summed E-state index contributed by atoms with van der Waals surface area (Å²) >= 11 is 12.5. The fourth-order valence-electron chi connectivity index (χ4n) is 4.84. The number of rotatable bonds is 14. The number of ether oxygens (including phenoxy) is 1. The minimum atomic E-state index is -4.23. The van der Waals surface area contributed by atoms with Crippen molar-refractivity contribution in [2.75, 3.05) is 18.0 Å². The van der Waals surface area contributed by atoms with E-state index in [2.05, 4.69) is 5.32 Å². The van der Waals surface area contributed by atoms with E-state index in [-0.39, 0.29) is 35.5 Å². The third kappa shape index (κ3) is 8.81. The molecule has 0 aromatic heterocycles. The molecule has 0 bridgehead atoms. The average molecular weight is 683 g/mol. The molecular formula is C35H37Cl2N3O5S. The monoisotopic (exact) mass is 681 g/mol. The largest absolute Gasteiger partial charge is 0.497 e. The molecule has 2 amide bonds. The molecule has 0 aliphatic heterocycles. The Hall–Kier alpha value is -4.05. The Morgan fingerprint density at radius 1 is 0.848 bits per heavy atom. The lowest BCUT2D eigenvalue weighted by Crippen LogP contribution is -2.54. The lowest BCUT2D eigenvalue weighted by atomic mass is 10.0. The zero-order valence-corrected chi connectivity index (χ0v) is 28.2. The number of halogens is 2. The SMILES string of the molecule is CC[C@H](C)NC(=O)[C@H](Cc1ccccc1)N(Cc1ccc(Cl)c(Cl)c1)C(=O)CN(c1cccc(OC)c1)S(=O)(=O)c1ccccc1. The van der Waals surface area contributed by atoms with E-state index in [0.29, 0.717) is 27.8 Å². The topological polar surface area (TPSA) is 96.0 Å². The van der Waals surface area contributed by atoms with Crippen molar-refractivity contribution >= 4 is 50.7 Å². The number of hydrogen-bond acceptors (Lipinski definition) is 5.